The van der Waals surface area contributed by atoms with E-state index in [1.165, 1.54) is 6.08 Å². The van der Waals surface area contributed by atoms with Crippen LogP contribution in [0.2, 0.25) is 0 Å². The molecule has 1 aromatic carbocycles. The molecule has 0 saturated heterocycles. The first-order chi connectivity index (χ1) is 5.58. The Morgan fingerprint density at radius 2 is 1.71 bits per heavy atom. The quantitative estimate of drug-likeness (QED) is 0.445. The van der Waals surface area contributed by atoms with E-state index >= 15 is 0 Å². The predicted octanol–water partition coefficient (Wildman–Crippen LogP) is -2.16. The number of benzene rings is 1. The first-order valence-corrected chi connectivity index (χ1v) is 4.79. The molecule has 0 aliphatic heterocycles. The topological polar surface area (TPSA) is 85.9 Å². The Hall–Kier alpha value is -0.573. The van der Waals surface area contributed by atoms with Gasteiger partial charge in [0.1, 0.15) is 0 Å². The summed E-state index contributed by atoms with van der Waals surface area (Å²) in [4.78, 5) is 0. The zero-order valence-electron chi connectivity index (χ0n) is 8.71. The Bertz CT molecular complexity index is 377. The van der Waals surface area contributed by atoms with Crippen LogP contribution < -0.4 is 18.9 Å². The van der Waals surface area contributed by atoms with Gasteiger partial charge in [0.05, 0.1) is 5.41 Å². The van der Waals surface area contributed by atoms with E-state index in [1.54, 1.807) is 24.3 Å². The van der Waals surface area contributed by atoms with Crippen molar-refractivity contribution in [2.24, 2.45) is 0 Å². The molecule has 1 rings (SSSR count). The molecule has 0 aromatic heterocycles. The molecule has 0 heterocycles. The zero-order chi connectivity index (χ0) is 9.03. The average Bonchev–Trinajstić information content (AvgIpc) is 2.02. The summed E-state index contributed by atoms with van der Waals surface area (Å²) in [5, 5.41) is 0.752. The SMILES string of the molecule is O.O=S(=O)(O)C=Cc1ccccc1.[H-].[Li+]. The van der Waals surface area contributed by atoms with Gasteiger partial charge in [0.25, 0.3) is 10.1 Å². The van der Waals surface area contributed by atoms with Crippen molar-refractivity contribution >= 4 is 16.2 Å². The van der Waals surface area contributed by atoms with Crippen LogP contribution in [0.5, 0.6) is 0 Å². The standard InChI is InChI=1S/C8H8O3S.Li.H2O.H/c9-12(10,11)7-6-8-4-2-1-3-5-8;;;/h1-7H,(H,9,10,11);;1H2;/q;+1;;-1. The van der Waals surface area contributed by atoms with Gasteiger partial charge in [-0.15, -0.1) is 0 Å². The van der Waals surface area contributed by atoms with Gasteiger partial charge >= 0.3 is 18.9 Å². The van der Waals surface area contributed by atoms with Gasteiger partial charge in [-0.25, -0.2) is 0 Å². The number of hydrogen-bond acceptors (Lipinski definition) is 2. The molecule has 0 fully saturated rings. The Kier molecular flexibility index (Phi) is 7.73. The van der Waals surface area contributed by atoms with Gasteiger partial charge in [-0.05, 0) is 11.6 Å². The van der Waals surface area contributed by atoms with Crippen LogP contribution in [0.15, 0.2) is 35.7 Å². The van der Waals surface area contributed by atoms with Crippen LogP contribution in [-0.2, 0) is 10.1 Å². The van der Waals surface area contributed by atoms with Gasteiger partial charge in [-0.1, -0.05) is 30.3 Å². The van der Waals surface area contributed by atoms with E-state index in [-0.39, 0.29) is 25.8 Å². The summed E-state index contributed by atoms with van der Waals surface area (Å²) in [5.41, 5.74) is 0.732. The van der Waals surface area contributed by atoms with Gasteiger partial charge in [0.2, 0.25) is 0 Å². The van der Waals surface area contributed by atoms with Crippen LogP contribution in [0, 0.1) is 0 Å². The third-order valence-corrected chi connectivity index (χ3v) is 1.71. The second kappa shape index (κ2) is 6.82. The second-order valence-corrected chi connectivity index (χ2v) is 3.53. The molecule has 0 aliphatic carbocycles. The molecular weight excluding hydrogens is 199 g/mol. The van der Waals surface area contributed by atoms with Crippen molar-refractivity contribution in [3.8, 4) is 0 Å². The van der Waals surface area contributed by atoms with Crippen LogP contribution in [0.1, 0.15) is 6.99 Å². The maximum Gasteiger partial charge on any atom is 1.00 e. The smallest absolute Gasteiger partial charge is 1.00 e. The van der Waals surface area contributed by atoms with Gasteiger partial charge in [-0.2, -0.15) is 8.42 Å². The van der Waals surface area contributed by atoms with E-state index in [9.17, 15) is 8.42 Å². The van der Waals surface area contributed by atoms with Crippen molar-refractivity contribution in [3.05, 3.63) is 41.3 Å². The third kappa shape index (κ3) is 6.89. The fourth-order valence-electron chi connectivity index (χ4n) is 0.729. The first-order valence-electron chi connectivity index (χ1n) is 3.28. The molecule has 3 N–H and O–H groups in total. The molecule has 1 aromatic rings. The van der Waals surface area contributed by atoms with Crippen molar-refractivity contribution in [3.63, 3.8) is 0 Å². The molecule has 0 saturated carbocycles. The molecule has 0 bridgehead atoms. The molecule has 6 heteroatoms. The summed E-state index contributed by atoms with van der Waals surface area (Å²) in [6.07, 6.45) is 1.33. The zero-order valence-corrected chi connectivity index (χ0v) is 8.53. The van der Waals surface area contributed by atoms with Gasteiger partial charge in [-0.3, -0.25) is 4.55 Å². The average molecular weight is 210 g/mol. The normalized spacial score (nSPS) is 10.4. The van der Waals surface area contributed by atoms with E-state index in [4.69, 9.17) is 4.55 Å². The molecule has 14 heavy (non-hydrogen) atoms. The van der Waals surface area contributed by atoms with E-state index in [0.29, 0.717) is 0 Å². The summed E-state index contributed by atoms with van der Waals surface area (Å²) in [6.45, 7) is 0. The summed E-state index contributed by atoms with van der Waals surface area (Å²) < 4.78 is 28.9. The minimum atomic E-state index is -4.00. The van der Waals surface area contributed by atoms with Crippen molar-refractivity contribution < 1.29 is 38.7 Å². The minimum absolute atomic E-state index is 0. The molecule has 4 nitrogen and oxygen atoms in total. The van der Waals surface area contributed by atoms with Gasteiger partial charge in [0.15, 0.2) is 0 Å². The first kappa shape index (κ1) is 15.9. The Morgan fingerprint density at radius 3 is 2.14 bits per heavy atom. The minimum Gasteiger partial charge on any atom is -1.00 e. The van der Waals surface area contributed by atoms with Crippen LogP contribution in [0.4, 0.5) is 0 Å². The Balaban J connectivity index is -0.000000480. The van der Waals surface area contributed by atoms with Crippen molar-refractivity contribution in [2.45, 2.75) is 0 Å². The molecular formula is C8H11LiO4S. The van der Waals surface area contributed by atoms with Crippen LogP contribution in [-0.4, -0.2) is 18.4 Å². The molecule has 74 valence electrons. The van der Waals surface area contributed by atoms with Gasteiger partial charge < -0.3 is 6.90 Å². The van der Waals surface area contributed by atoms with E-state index in [0.717, 1.165) is 11.0 Å². The summed E-state index contributed by atoms with van der Waals surface area (Å²) in [7, 11) is -4.00. The summed E-state index contributed by atoms with van der Waals surface area (Å²) in [5.74, 6) is 0. The second-order valence-electron chi connectivity index (χ2n) is 2.23. The number of hydrogen-bond donors (Lipinski definition) is 1. The maximum absolute atomic E-state index is 10.3. The van der Waals surface area contributed by atoms with E-state index in [1.807, 2.05) is 6.07 Å². The Morgan fingerprint density at radius 1 is 1.21 bits per heavy atom. The van der Waals surface area contributed by atoms with Crippen LogP contribution in [0.25, 0.3) is 6.08 Å². The van der Waals surface area contributed by atoms with E-state index in [2.05, 4.69) is 0 Å². The largest absolute Gasteiger partial charge is 1.00 e. The summed E-state index contributed by atoms with van der Waals surface area (Å²) in [6, 6.07) is 8.86. The van der Waals surface area contributed by atoms with Crippen LogP contribution in [0.3, 0.4) is 0 Å². The molecule has 0 aliphatic rings. The van der Waals surface area contributed by atoms with Crippen molar-refractivity contribution in [1.29, 1.82) is 0 Å². The number of rotatable bonds is 2. The molecule has 0 amide bonds. The molecule has 0 unspecified atom stereocenters. The molecule has 0 radical (unpaired) electrons. The monoisotopic (exact) mass is 210 g/mol. The maximum atomic E-state index is 10.3. The molecule has 0 atom stereocenters. The van der Waals surface area contributed by atoms with Crippen LogP contribution >= 0.6 is 0 Å². The fourth-order valence-corrected chi connectivity index (χ4v) is 1.06. The molecule has 0 spiro atoms. The third-order valence-electron chi connectivity index (χ3n) is 1.23. The van der Waals surface area contributed by atoms with Gasteiger partial charge in [0, 0.05) is 0 Å². The fraction of sp³-hybridized carbons (Fsp3) is 0. The predicted molar refractivity (Wildman–Crippen MR) is 51.8 cm³/mol. The van der Waals surface area contributed by atoms with Crippen molar-refractivity contribution in [1.82, 2.24) is 0 Å². The van der Waals surface area contributed by atoms with Crippen molar-refractivity contribution in [2.75, 3.05) is 0 Å². The Labute approximate surface area is 96.4 Å². The van der Waals surface area contributed by atoms with E-state index < -0.39 is 10.1 Å². The summed E-state index contributed by atoms with van der Waals surface area (Å²) >= 11 is 0.